The van der Waals surface area contributed by atoms with Crippen molar-refractivity contribution in [3.63, 3.8) is 0 Å². The van der Waals surface area contributed by atoms with Gasteiger partial charge in [-0.1, -0.05) is 23.7 Å². The van der Waals surface area contributed by atoms with Gasteiger partial charge in [0.15, 0.2) is 11.5 Å². The number of nitrogens with zero attached hydrogens (tertiary/aromatic N) is 5. The van der Waals surface area contributed by atoms with Crippen LogP contribution in [0.1, 0.15) is 31.3 Å². The first-order valence-electron chi connectivity index (χ1n) is 7.37. The van der Waals surface area contributed by atoms with Gasteiger partial charge in [0.25, 0.3) is 5.89 Å². The molecule has 1 aliphatic heterocycles. The first kappa shape index (κ1) is 15.0. The molecule has 0 spiro atoms. The Kier molecular flexibility index (Phi) is 4.71. The van der Waals surface area contributed by atoms with Gasteiger partial charge in [-0.2, -0.15) is 16.7 Å². The Hall–Kier alpha value is -1.90. The molecule has 1 N–H and O–H groups in total. The van der Waals surface area contributed by atoms with Gasteiger partial charge < -0.3 is 9.84 Å². The summed E-state index contributed by atoms with van der Waals surface area (Å²) in [6, 6.07) is 0. The lowest BCUT2D eigenvalue weighted by atomic mass is 10.3. The van der Waals surface area contributed by atoms with Crippen LogP contribution in [0.2, 0.25) is 0 Å². The first-order valence-corrected chi connectivity index (χ1v) is 8.53. The predicted octanol–water partition coefficient (Wildman–Crippen LogP) is 1.03. The quantitative estimate of drug-likeness (QED) is 0.793. The second-order valence-electron chi connectivity index (χ2n) is 5.06. The van der Waals surface area contributed by atoms with Crippen molar-refractivity contribution < 1.29 is 9.32 Å². The number of rotatable bonds is 6. The molecule has 0 aliphatic carbocycles. The minimum Gasteiger partial charge on any atom is -0.356 e. The average molecular weight is 322 g/mol. The third kappa shape index (κ3) is 3.29. The van der Waals surface area contributed by atoms with Gasteiger partial charge in [0.2, 0.25) is 5.91 Å². The van der Waals surface area contributed by atoms with E-state index in [4.69, 9.17) is 4.52 Å². The topological polar surface area (TPSA) is 98.7 Å². The number of carbonyl (C=O) groups excluding carboxylic acids is 1. The van der Waals surface area contributed by atoms with Gasteiger partial charge in [-0.25, -0.2) is 4.68 Å². The first-order chi connectivity index (χ1) is 10.8. The third-order valence-corrected chi connectivity index (χ3v) is 4.31. The van der Waals surface area contributed by atoms with E-state index in [9.17, 15) is 4.79 Å². The van der Waals surface area contributed by atoms with Crippen LogP contribution in [0.25, 0.3) is 11.6 Å². The summed E-state index contributed by atoms with van der Waals surface area (Å²) < 4.78 is 7.10. The number of fused-ring (bicyclic) bond motifs is 1. The molecule has 1 aliphatic rings. The van der Waals surface area contributed by atoms with E-state index >= 15 is 0 Å². The van der Waals surface area contributed by atoms with Gasteiger partial charge in [0, 0.05) is 18.1 Å². The van der Waals surface area contributed by atoms with Crippen LogP contribution in [0.5, 0.6) is 0 Å². The SMILES string of the molecule is CCCCNC(=O)Cc1noc(-c2nnn3c2CSCC3)n1. The van der Waals surface area contributed by atoms with E-state index in [1.54, 1.807) is 0 Å². The molecule has 0 bridgehead atoms. The molecule has 22 heavy (non-hydrogen) atoms. The van der Waals surface area contributed by atoms with E-state index in [-0.39, 0.29) is 12.3 Å². The maximum absolute atomic E-state index is 11.7. The Morgan fingerprint density at radius 2 is 2.41 bits per heavy atom. The smallest absolute Gasteiger partial charge is 0.280 e. The highest BCUT2D eigenvalue weighted by atomic mass is 32.2. The van der Waals surface area contributed by atoms with Gasteiger partial charge in [0.05, 0.1) is 18.7 Å². The molecule has 0 fully saturated rings. The monoisotopic (exact) mass is 322 g/mol. The molecule has 3 rings (SSSR count). The lowest BCUT2D eigenvalue weighted by Gasteiger charge is -2.11. The molecule has 2 aromatic heterocycles. The Morgan fingerprint density at radius 1 is 1.50 bits per heavy atom. The van der Waals surface area contributed by atoms with Crippen molar-refractivity contribution in [3.05, 3.63) is 11.5 Å². The number of aryl methyl sites for hydroxylation is 1. The van der Waals surface area contributed by atoms with Crippen molar-refractivity contribution >= 4 is 17.7 Å². The van der Waals surface area contributed by atoms with E-state index in [0.717, 1.165) is 36.6 Å². The van der Waals surface area contributed by atoms with Crippen molar-refractivity contribution in [2.75, 3.05) is 12.3 Å². The van der Waals surface area contributed by atoms with E-state index in [1.165, 1.54) is 0 Å². The summed E-state index contributed by atoms with van der Waals surface area (Å²) in [5.74, 6) is 2.47. The molecule has 9 heteroatoms. The van der Waals surface area contributed by atoms with Crippen molar-refractivity contribution in [3.8, 4) is 11.6 Å². The lowest BCUT2D eigenvalue weighted by molar-refractivity contribution is -0.120. The number of nitrogens with one attached hydrogen (secondary N) is 1. The van der Waals surface area contributed by atoms with Gasteiger partial charge in [-0.05, 0) is 6.42 Å². The van der Waals surface area contributed by atoms with E-state index in [2.05, 4.69) is 32.7 Å². The minimum absolute atomic E-state index is 0.0960. The normalized spacial score (nSPS) is 13.9. The second-order valence-corrected chi connectivity index (χ2v) is 6.16. The number of carbonyl (C=O) groups is 1. The number of amides is 1. The van der Waals surface area contributed by atoms with Gasteiger partial charge in [-0.15, -0.1) is 5.10 Å². The summed E-state index contributed by atoms with van der Waals surface area (Å²) >= 11 is 1.82. The fraction of sp³-hybridized carbons (Fsp3) is 0.615. The molecule has 8 nitrogen and oxygen atoms in total. The standard InChI is InChI=1S/C13H18N6O2S/c1-2-3-4-14-11(20)7-10-15-13(21-17-10)12-9-8-22-6-5-19(9)18-16-12/h2-8H2,1H3,(H,14,20). The van der Waals surface area contributed by atoms with Crippen LogP contribution >= 0.6 is 11.8 Å². The summed E-state index contributed by atoms with van der Waals surface area (Å²) in [6.45, 7) is 3.60. The largest absolute Gasteiger partial charge is 0.356 e. The second kappa shape index (κ2) is 6.91. The minimum atomic E-state index is -0.0960. The maximum atomic E-state index is 11.7. The Bertz CT molecular complexity index is 653. The van der Waals surface area contributed by atoms with Crippen LogP contribution in [0, 0.1) is 0 Å². The van der Waals surface area contributed by atoms with Crippen molar-refractivity contribution in [1.29, 1.82) is 0 Å². The summed E-state index contributed by atoms with van der Waals surface area (Å²) in [4.78, 5) is 16.0. The molecule has 0 radical (unpaired) electrons. The number of hydrogen-bond donors (Lipinski definition) is 1. The molecule has 1 amide bonds. The summed E-state index contributed by atoms with van der Waals surface area (Å²) in [5.41, 5.74) is 1.62. The van der Waals surface area contributed by atoms with Gasteiger partial charge >= 0.3 is 0 Å². The fourth-order valence-corrected chi connectivity index (χ4v) is 3.10. The van der Waals surface area contributed by atoms with E-state index < -0.39 is 0 Å². The van der Waals surface area contributed by atoms with Crippen molar-refractivity contribution in [1.82, 2.24) is 30.5 Å². The number of aromatic nitrogens is 5. The lowest BCUT2D eigenvalue weighted by Crippen LogP contribution is -2.26. The van der Waals surface area contributed by atoms with Gasteiger partial charge in [0.1, 0.15) is 0 Å². The number of thioether (sulfide) groups is 1. The molecule has 0 saturated carbocycles. The highest BCUT2D eigenvalue weighted by Crippen LogP contribution is 2.26. The van der Waals surface area contributed by atoms with Crippen LogP contribution < -0.4 is 5.32 Å². The molecule has 0 atom stereocenters. The van der Waals surface area contributed by atoms with Crippen molar-refractivity contribution in [2.45, 2.75) is 38.5 Å². The van der Waals surface area contributed by atoms with Crippen LogP contribution in [0.15, 0.2) is 4.52 Å². The van der Waals surface area contributed by atoms with E-state index in [1.807, 2.05) is 16.4 Å². The van der Waals surface area contributed by atoms with Crippen LogP contribution in [0.4, 0.5) is 0 Å². The third-order valence-electron chi connectivity index (χ3n) is 3.37. The maximum Gasteiger partial charge on any atom is 0.280 e. The van der Waals surface area contributed by atoms with Gasteiger partial charge in [-0.3, -0.25) is 4.79 Å². The predicted molar refractivity (Wildman–Crippen MR) is 81.1 cm³/mol. The zero-order valence-corrected chi connectivity index (χ0v) is 13.2. The Balaban J connectivity index is 1.66. The highest BCUT2D eigenvalue weighted by molar-refractivity contribution is 7.98. The number of unbranched alkanes of at least 4 members (excludes halogenated alkanes) is 1. The zero-order valence-electron chi connectivity index (χ0n) is 12.4. The highest BCUT2D eigenvalue weighted by Gasteiger charge is 2.22. The molecule has 0 saturated heterocycles. The summed E-state index contributed by atoms with van der Waals surface area (Å²) in [7, 11) is 0. The fourth-order valence-electron chi connectivity index (χ4n) is 2.17. The van der Waals surface area contributed by atoms with Crippen molar-refractivity contribution in [2.24, 2.45) is 0 Å². The number of hydrogen-bond acceptors (Lipinski definition) is 7. The molecule has 3 heterocycles. The average Bonchev–Trinajstić information content (AvgIpc) is 3.13. The van der Waals surface area contributed by atoms with Crippen LogP contribution in [0.3, 0.4) is 0 Å². The molecule has 0 unspecified atom stereocenters. The Labute approximate surface area is 132 Å². The summed E-state index contributed by atoms with van der Waals surface area (Å²) in [5, 5.41) is 14.9. The summed E-state index contributed by atoms with van der Waals surface area (Å²) in [6.07, 6.45) is 2.13. The van der Waals surface area contributed by atoms with E-state index in [0.29, 0.717) is 24.0 Å². The molecule has 0 aromatic carbocycles. The zero-order chi connectivity index (χ0) is 15.4. The van der Waals surface area contributed by atoms with Crippen LogP contribution in [-0.2, 0) is 23.5 Å². The molecule has 118 valence electrons. The Morgan fingerprint density at radius 3 is 3.27 bits per heavy atom. The van der Waals surface area contributed by atoms with Crippen LogP contribution in [-0.4, -0.2) is 43.3 Å². The molecular formula is C13H18N6O2S. The molecular weight excluding hydrogens is 304 g/mol. The molecule has 2 aromatic rings.